The van der Waals surface area contributed by atoms with E-state index in [2.05, 4.69) is 10.4 Å². The van der Waals surface area contributed by atoms with Gasteiger partial charge in [0.1, 0.15) is 0 Å². The van der Waals surface area contributed by atoms with Gasteiger partial charge in [-0.1, -0.05) is 31.5 Å². The molecule has 5 heteroatoms. The fraction of sp³-hybridized carbons (Fsp3) is 0.250. The summed E-state index contributed by atoms with van der Waals surface area (Å²) in [4.78, 5) is 16.3. The predicted molar refractivity (Wildman–Crippen MR) is 86.1 cm³/mol. The number of carbonyl (C=O) groups is 1. The third-order valence-electron chi connectivity index (χ3n) is 3.36. The minimum absolute atomic E-state index is 0.0207. The molecule has 4 nitrogen and oxygen atoms in total. The number of nitrogens with zero attached hydrogens (tertiary/aromatic N) is 2. The van der Waals surface area contributed by atoms with Crippen molar-refractivity contribution >= 4 is 39.3 Å². The lowest BCUT2D eigenvalue weighted by Crippen LogP contribution is -2.23. The normalized spacial score (nSPS) is 11.4. The van der Waals surface area contributed by atoms with Crippen LogP contribution in [0.3, 0.4) is 0 Å². The largest absolute Gasteiger partial charge is 0.273 e. The van der Waals surface area contributed by atoms with E-state index in [9.17, 15) is 4.79 Å². The Morgan fingerprint density at radius 3 is 2.81 bits per heavy atom. The lowest BCUT2D eigenvalue weighted by Gasteiger charge is -2.11. The van der Waals surface area contributed by atoms with Crippen LogP contribution in [0.2, 0.25) is 5.02 Å². The number of aromatic nitrogens is 2. The van der Waals surface area contributed by atoms with Gasteiger partial charge in [0.2, 0.25) is 5.91 Å². The Morgan fingerprint density at radius 2 is 2.05 bits per heavy atom. The second-order valence-corrected chi connectivity index (χ2v) is 5.96. The maximum Gasteiger partial charge on any atom is 0.239 e. The van der Waals surface area contributed by atoms with E-state index in [1.165, 1.54) is 0 Å². The number of hydrogen-bond acceptors (Lipinski definition) is 2. The van der Waals surface area contributed by atoms with Gasteiger partial charge in [0.15, 0.2) is 0 Å². The molecule has 1 amide bonds. The lowest BCUT2D eigenvalue weighted by molar-refractivity contribution is -0.117. The summed E-state index contributed by atoms with van der Waals surface area (Å²) in [6.45, 7) is 4.04. The second-order valence-electron chi connectivity index (χ2n) is 5.52. The smallest absolute Gasteiger partial charge is 0.239 e. The molecule has 0 aliphatic rings. The maximum absolute atomic E-state index is 12.1. The predicted octanol–water partition coefficient (Wildman–Crippen LogP) is 3.96. The van der Waals surface area contributed by atoms with Gasteiger partial charge in [0.25, 0.3) is 0 Å². The number of pyridine rings is 1. The van der Waals surface area contributed by atoms with Crippen LogP contribution >= 0.6 is 11.6 Å². The molecule has 0 bridgehead atoms. The molecule has 0 aliphatic heterocycles. The molecular formula is C16H16ClN3O. The van der Waals surface area contributed by atoms with Crippen molar-refractivity contribution in [2.45, 2.75) is 20.3 Å². The van der Waals surface area contributed by atoms with Crippen molar-refractivity contribution in [2.24, 2.45) is 5.92 Å². The number of amides is 1. The van der Waals surface area contributed by atoms with E-state index >= 15 is 0 Å². The van der Waals surface area contributed by atoms with Gasteiger partial charge in [-0.15, -0.1) is 0 Å². The Balaban J connectivity index is 2.18. The fourth-order valence-corrected chi connectivity index (χ4v) is 2.67. The van der Waals surface area contributed by atoms with Gasteiger partial charge in [-0.25, -0.2) is 0 Å². The van der Waals surface area contributed by atoms with Crippen LogP contribution in [0.5, 0.6) is 0 Å². The molecule has 3 rings (SSSR count). The van der Waals surface area contributed by atoms with Crippen molar-refractivity contribution in [3.63, 3.8) is 0 Å². The van der Waals surface area contributed by atoms with Gasteiger partial charge in [0, 0.05) is 28.4 Å². The van der Waals surface area contributed by atoms with Gasteiger partial charge >= 0.3 is 0 Å². The summed E-state index contributed by atoms with van der Waals surface area (Å²) in [5, 5.41) is 2.72. The molecule has 0 fully saturated rings. The summed E-state index contributed by atoms with van der Waals surface area (Å²) in [6.07, 6.45) is 3.97. The summed E-state index contributed by atoms with van der Waals surface area (Å²) in [5.41, 5.74) is 4.69. The number of rotatable bonds is 3. The van der Waals surface area contributed by atoms with Crippen molar-refractivity contribution in [3.05, 3.63) is 41.7 Å². The zero-order valence-corrected chi connectivity index (χ0v) is 12.7. The summed E-state index contributed by atoms with van der Waals surface area (Å²) < 4.78 is 1.77. The monoisotopic (exact) mass is 301 g/mol. The van der Waals surface area contributed by atoms with Crippen LogP contribution in [0.4, 0.5) is 0 Å². The third-order valence-corrected chi connectivity index (χ3v) is 3.60. The van der Waals surface area contributed by atoms with E-state index in [0.717, 1.165) is 21.8 Å². The average molecular weight is 302 g/mol. The lowest BCUT2D eigenvalue weighted by atomic mass is 10.1. The first-order valence-electron chi connectivity index (χ1n) is 6.90. The van der Waals surface area contributed by atoms with Crippen molar-refractivity contribution in [1.29, 1.82) is 0 Å². The molecule has 1 N–H and O–H groups in total. The maximum atomic E-state index is 12.1. The Morgan fingerprint density at radius 1 is 1.29 bits per heavy atom. The van der Waals surface area contributed by atoms with E-state index in [1.54, 1.807) is 17.1 Å². The molecule has 2 heterocycles. The highest BCUT2D eigenvalue weighted by Gasteiger charge is 2.13. The average Bonchev–Trinajstić information content (AvgIpc) is 2.72. The SMILES string of the molecule is CC(C)CC(=O)Nn1c2cnccc2c2ccc(Cl)cc21. The summed E-state index contributed by atoms with van der Waals surface area (Å²) in [7, 11) is 0. The van der Waals surface area contributed by atoms with Crippen molar-refractivity contribution in [2.75, 3.05) is 5.43 Å². The molecule has 21 heavy (non-hydrogen) atoms. The van der Waals surface area contributed by atoms with Crippen LogP contribution < -0.4 is 5.43 Å². The number of halogens is 1. The molecule has 0 radical (unpaired) electrons. The second kappa shape index (κ2) is 5.37. The van der Waals surface area contributed by atoms with Crippen LogP contribution in [0.25, 0.3) is 21.8 Å². The van der Waals surface area contributed by atoms with Gasteiger partial charge in [0.05, 0.1) is 17.2 Å². The van der Waals surface area contributed by atoms with Gasteiger partial charge < -0.3 is 0 Å². The number of benzene rings is 1. The molecule has 0 spiro atoms. The quantitative estimate of drug-likeness (QED) is 0.796. The van der Waals surface area contributed by atoms with E-state index in [0.29, 0.717) is 17.4 Å². The van der Waals surface area contributed by atoms with E-state index < -0.39 is 0 Å². The van der Waals surface area contributed by atoms with Gasteiger partial charge in [-0.05, 0) is 24.1 Å². The van der Waals surface area contributed by atoms with E-state index in [4.69, 9.17) is 11.6 Å². The molecule has 0 saturated heterocycles. The minimum atomic E-state index is -0.0207. The van der Waals surface area contributed by atoms with E-state index in [-0.39, 0.29) is 5.91 Å². The number of fused-ring (bicyclic) bond motifs is 3. The van der Waals surface area contributed by atoms with Crippen LogP contribution in [-0.2, 0) is 4.79 Å². The minimum Gasteiger partial charge on any atom is -0.273 e. The van der Waals surface area contributed by atoms with Crippen LogP contribution in [0.15, 0.2) is 36.7 Å². The highest BCUT2D eigenvalue weighted by molar-refractivity contribution is 6.31. The van der Waals surface area contributed by atoms with Crippen molar-refractivity contribution in [1.82, 2.24) is 9.66 Å². The first kappa shape index (κ1) is 13.9. The zero-order valence-electron chi connectivity index (χ0n) is 11.9. The van der Waals surface area contributed by atoms with Crippen molar-refractivity contribution in [3.8, 4) is 0 Å². The fourth-order valence-electron chi connectivity index (χ4n) is 2.50. The molecule has 3 aromatic rings. The van der Waals surface area contributed by atoms with E-state index in [1.807, 2.05) is 38.1 Å². The molecule has 0 unspecified atom stereocenters. The summed E-state index contributed by atoms with van der Waals surface area (Å²) in [6, 6.07) is 7.61. The zero-order chi connectivity index (χ0) is 15.0. The molecule has 2 aromatic heterocycles. The first-order valence-corrected chi connectivity index (χ1v) is 7.27. The topological polar surface area (TPSA) is 46.9 Å². The summed E-state index contributed by atoms with van der Waals surface area (Å²) >= 11 is 6.10. The number of carbonyl (C=O) groups excluding carboxylic acids is 1. The highest BCUT2D eigenvalue weighted by atomic mass is 35.5. The molecule has 0 aliphatic carbocycles. The molecule has 108 valence electrons. The van der Waals surface area contributed by atoms with Crippen LogP contribution in [0, 0.1) is 5.92 Å². The molecular weight excluding hydrogens is 286 g/mol. The molecule has 1 aromatic carbocycles. The standard InChI is InChI=1S/C16H16ClN3O/c1-10(2)7-16(21)19-20-14-8-11(17)3-4-12(14)13-5-6-18-9-15(13)20/h3-6,8-10H,7H2,1-2H3,(H,19,21). The number of hydrogen-bond donors (Lipinski definition) is 1. The number of nitrogens with one attached hydrogen (secondary N) is 1. The molecule has 0 atom stereocenters. The first-order chi connectivity index (χ1) is 10.1. The van der Waals surface area contributed by atoms with Crippen LogP contribution in [0.1, 0.15) is 20.3 Å². The Labute approximate surface area is 127 Å². The summed E-state index contributed by atoms with van der Waals surface area (Å²) in [5.74, 6) is 0.285. The molecule has 0 saturated carbocycles. The third kappa shape index (κ3) is 2.59. The Hall–Kier alpha value is -2.07. The Bertz CT molecular complexity index is 823. The Kier molecular flexibility index (Phi) is 3.55. The highest BCUT2D eigenvalue weighted by Crippen LogP contribution is 2.29. The van der Waals surface area contributed by atoms with Crippen LogP contribution in [-0.4, -0.2) is 15.6 Å². The van der Waals surface area contributed by atoms with Gasteiger partial charge in [-0.3, -0.25) is 19.9 Å². The van der Waals surface area contributed by atoms with Crippen molar-refractivity contribution < 1.29 is 4.79 Å². The van der Waals surface area contributed by atoms with Gasteiger partial charge in [-0.2, -0.15) is 0 Å².